The van der Waals surface area contributed by atoms with Gasteiger partial charge in [0.2, 0.25) is 0 Å². The Kier molecular flexibility index (Phi) is 7.64. The van der Waals surface area contributed by atoms with Crippen LogP contribution in [0.15, 0.2) is 54.1 Å². The third kappa shape index (κ3) is 7.08. The SMILES string of the molecule is CC(C)=Cc1ccc(F)cc1OCC(O)CCOCc1ccccc1. The number of halogens is 1. The molecule has 0 radical (unpaired) electrons. The Bertz CT molecular complexity index is 679. The molecule has 0 heterocycles. The molecule has 0 amide bonds. The molecule has 4 heteroatoms. The Balaban J connectivity index is 1.77. The number of rotatable bonds is 9. The summed E-state index contributed by atoms with van der Waals surface area (Å²) in [6.45, 7) is 4.98. The molecule has 0 aliphatic carbocycles. The molecule has 134 valence electrons. The van der Waals surface area contributed by atoms with Gasteiger partial charge in [0.1, 0.15) is 18.2 Å². The number of aliphatic hydroxyl groups is 1. The van der Waals surface area contributed by atoms with E-state index in [1.165, 1.54) is 12.1 Å². The van der Waals surface area contributed by atoms with Gasteiger partial charge in [-0.1, -0.05) is 42.0 Å². The predicted octanol–water partition coefficient (Wildman–Crippen LogP) is 4.60. The van der Waals surface area contributed by atoms with E-state index in [-0.39, 0.29) is 12.4 Å². The molecule has 0 saturated carbocycles. The average molecular weight is 344 g/mol. The molecule has 0 aliphatic rings. The Morgan fingerprint density at radius 2 is 1.92 bits per heavy atom. The second-order valence-electron chi connectivity index (χ2n) is 6.20. The molecule has 25 heavy (non-hydrogen) atoms. The van der Waals surface area contributed by atoms with Gasteiger partial charge in [0.25, 0.3) is 0 Å². The van der Waals surface area contributed by atoms with Crippen LogP contribution in [0.3, 0.4) is 0 Å². The van der Waals surface area contributed by atoms with Gasteiger partial charge >= 0.3 is 0 Å². The number of hydrogen-bond acceptors (Lipinski definition) is 3. The van der Waals surface area contributed by atoms with Gasteiger partial charge in [-0.3, -0.25) is 0 Å². The molecule has 0 bridgehead atoms. The maximum Gasteiger partial charge on any atom is 0.129 e. The number of ether oxygens (including phenoxy) is 2. The Morgan fingerprint density at radius 1 is 1.16 bits per heavy atom. The summed E-state index contributed by atoms with van der Waals surface area (Å²) in [7, 11) is 0. The normalized spacial score (nSPS) is 11.8. The number of hydrogen-bond donors (Lipinski definition) is 1. The third-order valence-corrected chi connectivity index (χ3v) is 3.56. The highest BCUT2D eigenvalue weighted by Crippen LogP contribution is 2.23. The maximum absolute atomic E-state index is 13.4. The molecular formula is C21H25FO3. The Morgan fingerprint density at radius 3 is 2.64 bits per heavy atom. The van der Waals surface area contributed by atoms with Crippen molar-refractivity contribution in [3.8, 4) is 5.75 Å². The van der Waals surface area contributed by atoms with Crippen LogP contribution in [0.5, 0.6) is 5.75 Å². The quantitative estimate of drug-likeness (QED) is 0.676. The smallest absolute Gasteiger partial charge is 0.129 e. The molecule has 0 fully saturated rings. The van der Waals surface area contributed by atoms with Crippen molar-refractivity contribution in [3.05, 3.63) is 71.0 Å². The van der Waals surface area contributed by atoms with Crippen molar-refractivity contribution >= 4 is 6.08 Å². The van der Waals surface area contributed by atoms with Crippen LogP contribution in [0, 0.1) is 5.82 Å². The highest BCUT2D eigenvalue weighted by Gasteiger charge is 2.09. The van der Waals surface area contributed by atoms with Crippen molar-refractivity contribution in [3.63, 3.8) is 0 Å². The average Bonchev–Trinajstić information content (AvgIpc) is 2.59. The lowest BCUT2D eigenvalue weighted by atomic mass is 10.1. The van der Waals surface area contributed by atoms with Gasteiger partial charge in [-0.15, -0.1) is 0 Å². The first-order valence-corrected chi connectivity index (χ1v) is 8.41. The number of benzene rings is 2. The molecule has 1 atom stereocenters. The zero-order valence-electron chi connectivity index (χ0n) is 14.7. The summed E-state index contributed by atoms with van der Waals surface area (Å²) in [5.74, 6) is 0.0760. The van der Waals surface area contributed by atoms with Gasteiger partial charge in [-0.2, -0.15) is 0 Å². The Hall–Kier alpha value is -2.17. The van der Waals surface area contributed by atoms with E-state index in [1.54, 1.807) is 6.07 Å². The van der Waals surface area contributed by atoms with Crippen LogP contribution >= 0.6 is 0 Å². The third-order valence-electron chi connectivity index (χ3n) is 3.56. The summed E-state index contributed by atoms with van der Waals surface area (Å²) >= 11 is 0. The van der Waals surface area contributed by atoms with Crippen LogP contribution < -0.4 is 4.74 Å². The minimum absolute atomic E-state index is 0.0990. The van der Waals surface area contributed by atoms with Gasteiger partial charge in [-0.25, -0.2) is 4.39 Å². The van der Waals surface area contributed by atoms with E-state index in [2.05, 4.69) is 0 Å². The van der Waals surface area contributed by atoms with Crippen LogP contribution in [-0.2, 0) is 11.3 Å². The van der Waals surface area contributed by atoms with Crippen LogP contribution in [-0.4, -0.2) is 24.4 Å². The number of aliphatic hydroxyl groups excluding tert-OH is 1. The molecule has 2 aromatic rings. The molecule has 1 unspecified atom stereocenters. The summed E-state index contributed by atoms with van der Waals surface area (Å²) in [6, 6.07) is 14.3. The molecule has 0 saturated heterocycles. The van der Waals surface area contributed by atoms with Crippen molar-refractivity contribution in [1.82, 2.24) is 0 Å². The number of allylic oxidation sites excluding steroid dienone is 1. The van der Waals surface area contributed by atoms with Crippen LogP contribution in [0.4, 0.5) is 4.39 Å². The zero-order chi connectivity index (χ0) is 18.1. The summed E-state index contributed by atoms with van der Waals surface area (Å²) < 4.78 is 24.6. The van der Waals surface area contributed by atoms with E-state index in [0.29, 0.717) is 25.4 Å². The molecular weight excluding hydrogens is 319 g/mol. The molecule has 3 nitrogen and oxygen atoms in total. The molecule has 0 aromatic heterocycles. The van der Waals surface area contributed by atoms with E-state index in [1.807, 2.05) is 50.3 Å². The standard InChI is InChI=1S/C21H25FO3/c1-16(2)12-18-8-9-19(22)13-21(18)25-15-20(23)10-11-24-14-17-6-4-3-5-7-17/h3-9,12-13,20,23H,10-11,14-15H2,1-2H3. The summed E-state index contributed by atoms with van der Waals surface area (Å²) in [6.07, 6.45) is 1.71. The highest BCUT2D eigenvalue weighted by molar-refractivity contribution is 5.59. The lowest BCUT2D eigenvalue weighted by Gasteiger charge is -2.14. The van der Waals surface area contributed by atoms with Crippen molar-refractivity contribution in [2.24, 2.45) is 0 Å². The second kappa shape index (κ2) is 9.97. The fourth-order valence-corrected chi connectivity index (χ4v) is 2.32. The van der Waals surface area contributed by atoms with Gasteiger partial charge in [0, 0.05) is 24.7 Å². The molecule has 1 N–H and O–H groups in total. The van der Waals surface area contributed by atoms with Gasteiger partial charge in [-0.05, 0) is 31.5 Å². The van der Waals surface area contributed by atoms with Crippen LogP contribution in [0.1, 0.15) is 31.4 Å². The first-order chi connectivity index (χ1) is 12.0. The van der Waals surface area contributed by atoms with Gasteiger partial charge < -0.3 is 14.6 Å². The molecule has 2 rings (SSSR count). The van der Waals surface area contributed by atoms with E-state index in [0.717, 1.165) is 16.7 Å². The fourth-order valence-electron chi connectivity index (χ4n) is 2.32. The summed E-state index contributed by atoms with van der Waals surface area (Å²) in [4.78, 5) is 0. The Labute approximate surface area is 148 Å². The lowest BCUT2D eigenvalue weighted by molar-refractivity contribution is 0.0496. The lowest BCUT2D eigenvalue weighted by Crippen LogP contribution is -2.20. The summed E-state index contributed by atoms with van der Waals surface area (Å²) in [5, 5.41) is 10.0. The zero-order valence-corrected chi connectivity index (χ0v) is 14.7. The summed E-state index contributed by atoms with van der Waals surface area (Å²) in [5.41, 5.74) is 2.99. The van der Waals surface area contributed by atoms with Crippen molar-refractivity contribution in [1.29, 1.82) is 0 Å². The van der Waals surface area contributed by atoms with E-state index in [9.17, 15) is 9.50 Å². The first-order valence-electron chi connectivity index (χ1n) is 8.41. The fraction of sp³-hybridized carbons (Fsp3) is 0.333. The van der Waals surface area contributed by atoms with Crippen molar-refractivity contribution in [2.75, 3.05) is 13.2 Å². The topological polar surface area (TPSA) is 38.7 Å². The molecule has 2 aromatic carbocycles. The second-order valence-corrected chi connectivity index (χ2v) is 6.20. The maximum atomic E-state index is 13.4. The van der Waals surface area contributed by atoms with E-state index in [4.69, 9.17) is 9.47 Å². The first kappa shape index (κ1) is 19.2. The monoisotopic (exact) mass is 344 g/mol. The van der Waals surface area contributed by atoms with Gasteiger partial charge in [0.05, 0.1) is 12.7 Å². The van der Waals surface area contributed by atoms with Crippen molar-refractivity contribution < 1.29 is 19.0 Å². The molecule has 0 spiro atoms. The molecule has 0 aliphatic heterocycles. The van der Waals surface area contributed by atoms with E-state index < -0.39 is 6.10 Å². The minimum Gasteiger partial charge on any atom is -0.490 e. The van der Waals surface area contributed by atoms with E-state index >= 15 is 0 Å². The predicted molar refractivity (Wildman–Crippen MR) is 97.9 cm³/mol. The highest BCUT2D eigenvalue weighted by atomic mass is 19.1. The van der Waals surface area contributed by atoms with Crippen LogP contribution in [0.25, 0.3) is 6.08 Å². The van der Waals surface area contributed by atoms with Crippen LogP contribution in [0.2, 0.25) is 0 Å². The minimum atomic E-state index is -0.668. The largest absolute Gasteiger partial charge is 0.490 e. The van der Waals surface area contributed by atoms with Crippen molar-refractivity contribution in [2.45, 2.75) is 33.0 Å². The van der Waals surface area contributed by atoms with Gasteiger partial charge in [0.15, 0.2) is 0 Å².